The number of rotatable bonds is 3. The second-order valence-corrected chi connectivity index (χ2v) is 10.9. The van der Waals surface area contributed by atoms with E-state index in [-0.39, 0.29) is 17.0 Å². The number of carbonyl (C=O) groups excluding carboxylic acids is 1. The highest BCUT2D eigenvalue weighted by atomic mass is 35.5. The third-order valence-corrected chi connectivity index (χ3v) is 8.71. The highest BCUT2D eigenvalue weighted by molar-refractivity contribution is 6.29. The minimum atomic E-state index is -0.335. The predicted octanol–water partition coefficient (Wildman–Crippen LogP) is 5.28. The number of urea groups is 1. The molecule has 1 saturated heterocycles. The van der Waals surface area contributed by atoms with Crippen molar-refractivity contribution in [3.05, 3.63) is 77.3 Å². The summed E-state index contributed by atoms with van der Waals surface area (Å²) < 4.78 is 2.14. The van der Waals surface area contributed by atoms with Crippen molar-refractivity contribution in [2.75, 3.05) is 13.1 Å². The standard InChI is InChI=1S/C28H27ClN6O/c29-25-7-6-21(17-31-25)28(8-3-9-28)32-26(36)34-12-10-27(18-34)11-13-35-24(27)15-23(33-35)20-14-19-4-1-2-5-22(19)30-16-20/h1-2,4-7,14-17H,3,8-13,18H2,(H,32,36). The summed E-state index contributed by atoms with van der Waals surface area (Å²) in [6.07, 6.45) is 8.63. The van der Waals surface area contributed by atoms with Gasteiger partial charge in [-0.3, -0.25) is 9.67 Å². The highest BCUT2D eigenvalue weighted by Crippen LogP contribution is 2.45. The van der Waals surface area contributed by atoms with Gasteiger partial charge in [-0.15, -0.1) is 0 Å². The second-order valence-electron chi connectivity index (χ2n) is 10.5. The molecule has 3 aliphatic rings. The summed E-state index contributed by atoms with van der Waals surface area (Å²) in [5.41, 5.74) is 4.87. The highest BCUT2D eigenvalue weighted by Gasteiger charge is 2.48. The fourth-order valence-electron chi connectivity index (χ4n) is 6.23. The Morgan fingerprint density at radius 3 is 2.64 bits per heavy atom. The van der Waals surface area contributed by atoms with Crippen LogP contribution in [0.15, 0.2) is 60.9 Å². The minimum absolute atomic E-state index is 0.0124. The first-order chi connectivity index (χ1) is 17.5. The van der Waals surface area contributed by atoms with Gasteiger partial charge in [-0.05, 0) is 61.9 Å². The van der Waals surface area contributed by atoms with Crippen LogP contribution in [0.25, 0.3) is 22.2 Å². The molecular formula is C28H27ClN6O. The van der Waals surface area contributed by atoms with Crippen LogP contribution in [0.2, 0.25) is 5.15 Å². The Morgan fingerprint density at radius 2 is 1.83 bits per heavy atom. The molecule has 8 heteroatoms. The Hall–Kier alpha value is -3.45. The van der Waals surface area contributed by atoms with Crippen LogP contribution in [-0.4, -0.2) is 43.8 Å². The lowest BCUT2D eigenvalue weighted by atomic mass is 9.72. The maximum absolute atomic E-state index is 13.4. The lowest BCUT2D eigenvalue weighted by molar-refractivity contribution is 0.154. The van der Waals surface area contributed by atoms with E-state index in [0.29, 0.717) is 5.15 Å². The zero-order valence-corrected chi connectivity index (χ0v) is 20.7. The largest absolute Gasteiger partial charge is 0.328 e. The number of fused-ring (bicyclic) bond motifs is 3. The van der Waals surface area contributed by atoms with Gasteiger partial charge in [0.15, 0.2) is 0 Å². The van der Waals surface area contributed by atoms with E-state index >= 15 is 0 Å². The van der Waals surface area contributed by atoms with Crippen molar-refractivity contribution in [3.8, 4) is 11.3 Å². The molecule has 2 fully saturated rings. The zero-order valence-electron chi connectivity index (χ0n) is 20.0. The van der Waals surface area contributed by atoms with Gasteiger partial charge in [0.1, 0.15) is 5.15 Å². The number of para-hydroxylation sites is 1. The molecule has 3 aromatic heterocycles. The van der Waals surface area contributed by atoms with Crippen LogP contribution in [0.3, 0.4) is 0 Å². The van der Waals surface area contributed by atoms with Gasteiger partial charge in [0.2, 0.25) is 0 Å². The van der Waals surface area contributed by atoms with Gasteiger partial charge in [-0.1, -0.05) is 35.9 Å². The zero-order chi connectivity index (χ0) is 24.3. The van der Waals surface area contributed by atoms with Gasteiger partial charge < -0.3 is 10.2 Å². The first-order valence-electron chi connectivity index (χ1n) is 12.7. The van der Waals surface area contributed by atoms with Crippen molar-refractivity contribution < 1.29 is 4.79 Å². The molecule has 1 spiro atoms. The first kappa shape index (κ1) is 21.8. The van der Waals surface area contributed by atoms with Crippen molar-refractivity contribution in [2.24, 2.45) is 0 Å². The molecule has 1 N–H and O–H groups in total. The molecule has 7 rings (SSSR count). The summed E-state index contributed by atoms with van der Waals surface area (Å²) in [5, 5.41) is 9.87. The maximum atomic E-state index is 13.4. The summed E-state index contributed by atoms with van der Waals surface area (Å²) in [6, 6.07) is 16.3. The Balaban J connectivity index is 1.11. The number of nitrogens with zero attached hydrogens (tertiary/aromatic N) is 5. The molecule has 1 unspecified atom stereocenters. The van der Waals surface area contributed by atoms with Crippen molar-refractivity contribution in [1.82, 2.24) is 30.0 Å². The van der Waals surface area contributed by atoms with E-state index < -0.39 is 0 Å². The topological polar surface area (TPSA) is 75.9 Å². The summed E-state index contributed by atoms with van der Waals surface area (Å²) >= 11 is 5.99. The van der Waals surface area contributed by atoms with Crippen LogP contribution < -0.4 is 5.32 Å². The number of aryl methyl sites for hydroxylation is 1. The minimum Gasteiger partial charge on any atom is -0.328 e. The molecule has 7 nitrogen and oxygen atoms in total. The van der Waals surface area contributed by atoms with E-state index in [4.69, 9.17) is 16.7 Å². The SMILES string of the molecule is O=C(NC1(c2ccc(Cl)nc2)CCC1)N1CCC2(CCn3nc(-c4cnc5ccccc5c4)cc32)C1. The third-order valence-electron chi connectivity index (χ3n) is 8.49. The monoisotopic (exact) mass is 498 g/mol. The van der Waals surface area contributed by atoms with Crippen LogP contribution >= 0.6 is 11.6 Å². The average Bonchev–Trinajstić information content (AvgIpc) is 3.58. The molecule has 36 heavy (non-hydrogen) atoms. The number of aromatic nitrogens is 4. The molecule has 1 aromatic carbocycles. The van der Waals surface area contributed by atoms with Crippen molar-refractivity contribution in [3.63, 3.8) is 0 Å². The van der Waals surface area contributed by atoms with Gasteiger partial charge in [-0.25, -0.2) is 9.78 Å². The molecule has 4 aromatic rings. The number of pyridine rings is 2. The van der Waals surface area contributed by atoms with Gasteiger partial charge in [-0.2, -0.15) is 5.10 Å². The van der Waals surface area contributed by atoms with Crippen LogP contribution in [0.5, 0.6) is 0 Å². The molecular weight excluding hydrogens is 472 g/mol. The summed E-state index contributed by atoms with van der Waals surface area (Å²) in [6.45, 7) is 2.35. The van der Waals surface area contributed by atoms with Crippen LogP contribution in [0, 0.1) is 0 Å². The Morgan fingerprint density at radius 1 is 0.972 bits per heavy atom. The third kappa shape index (κ3) is 3.40. The molecule has 1 atom stereocenters. The Bertz CT molecular complexity index is 1480. The fraction of sp³-hybridized carbons (Fsp3) is 0.357. The number of hydrogen-bond acceptors (Lipinski definition) is 4. The molecule has 2 amide bonds. The normalized spacial score (nSPS) is 22.1. The number of nitrogens with one attached hydrogen (secondary N) is 1. The Kier molecular flexibility index (Phi) is 4.86. The van der Waals surface area contributed by atoms with Crippen molar-refractivity contribution in [1.29, 1.82) is 0 Å². The molecule has 1 aliphatic carbocycles. The maximum Gasteiger partial charge on any atom is 0.318 e. The van der Waals surface area contributed by atoms with Gasteiger partial charge >= 0.3 is 6.03 Å². The number of halogens is 1. The van der Waals surface area contributed by atoms with E-state index in [0.717, 1.165) is 79.5 Å². The first-order valence-corrected chi connectivity index (χ1v) is 13.0. The smallest absolute Gasteiger partial charge is 0.318 e. The van der Waals surface area contributed by atoms with Crippen LogP contribution in [-0.2, 0) is 17.5 Å². The number of likely N-dealkylation sites (tertiary alicyclic amines) is 1. The fourth-order valence-corrected chi connectivity index (χ4v) is 6.34. The summed E-state index contributed by atoms with van der Waals surface area (Å²) in [4.78, 5) is 24.3. The van der Waals surface area contributed by atoms with E-state index in [2.05, 4.69) is 38.2 Å². The van der Waals surface area contributed by atoms with Gasteiger partial charge in [0.05, 0.1) is 16.7 Å². The molecule has 2 aliphatic heterocycles. The van der Waals surface area contributed by atoms with Crippen molar-refractivity contribution in [2.45, 2.75) is 49.6 Å². The van der Waals surface area contributed by atoms with Gasteiger partial charge in [0.25, 0.3) is 0 Å². The Labute approximate surface area is 214 Å². The number of carbonyl (C=O) groups is 1. The van der Waals surface area contributed by atoms with Gasteiger partial charge in [0, 0.05) is 54.1 Å². The van der Waals surface area contributed by atoms with E-state index in [1.807, 2.05) is 35.4 Å². The second kappa shape index (κ2) is 8.03. The molecule has 182 valence electrons. The van der Waals surface area contributed by atoms with Crippen molar-refractivity contribution >= 4 is 28.5 Å². The number of hydrogen-bond donors (Lipinski definition) is 1. The van der Waals surface area contributed by atoms with E-state index in [9.17, 15) is 4.79 Å². The lowest BCUT2D eigenvalue weighted by Gasteiger charge is -2.43. The lowest BCUT2D eigenvalue weighted by Crippen LogP contribution is -2.54. The average molecular weight is 499 g/mol. The predicted molar refractivity (Wildman–Crippen MR) is 139 cm³/mol. The molecule has 0 bridgehead atoms. The summed E-state index contributed by atoms with van der Waals surface area (Å²) in [5.74, 6) is 0. The number of amides is 2. The quantitative estimate of drug-likeness (QED) is 0.390. The van der Waals surface area contributed by atoms with E-state index in [1.54, 1.807) is 12.3 Å². The molecule has 5 heterocycles. The molecule has 0 radical (unpaired) electrons. The van der Waals surface area contributed by atoms with Crippen LogP contribution in [0.4, 0.5) is 4.79 Å². The van der Waals surface area contributed by atoms with E-state index in [1.165, 1.54) is 5.69 Å². The molecule has 1 saturated carbocycles. The van der Waals surface area contributed by atoms with Crippen LogP contribution in [0.1, 0.15) is 43.4 Å². The number of benzene rings is 1. The summed E-state index contributed by atoms with van der Waals surface area (Å²) in [7, 11) is 0.